The molecule has 2 aliphatic heterocycles. The van der Waals surface area contributed by atoms with Crippen molar-refractivity contribution in [2.24, 2.45) is 0 Å². The number of ether oxygens (including phenoxy) is 1. The maximum atomic E-state index is 12.1. The molecular formula is C23H30N6O4. The molecule has 0 aliphatic carbocycles. The highest BCUT2D eigenvalue weighted by Gasteiger charge is 2.34. The molecule has 0 saturated carbocycles. The fraction of sp³-hybridized carbons (Fsp3) is 0.478. The zero-order chi connectivity index (χ0) is 23.4. The summed E-state index contributed by atoms with van der Waals surface area (Å²) in [4.78, 5) is 37.3. The number of nitrogens with zero attached hydrogens (tertiary/aromatic N) is 5. The topological polar surface area (TPSA) is 111 Å². The smallest absolute Gasteiger partial charge is 0.415 e. The molecule has 2 saturated heterocycles. The van der Waals surface area contributed by atoms with Crippen LogP contribution < -0.4 is 10.2 Å². The minimum absolute atomic E-state index is 0.0164. The number of aromatic nitrogens is 2. The number of benzene rings is 1. The Morgan fingerprint density at radius 1 is 1.21 bits per heavy atom. The summed E-state index contributed by atoms with van der Waals surface area (Å²) in [5.74, 6) is 0.988. The summed E-state index contributed by atoms with van der Waals surface area (Å²) in [6.45, 7) is 7.79. The molecule has 10 heteroatoms. The predicted octanol–water partition coefficient (Wildman–Crippen LogP) is 3.18. The van der Waals surface area contributed by atoms with Crippen LogP contribution in [0.4, 0.5) is 21.4 Å². The van der Waals surface area contributed by atoms with Crippen molar-refractivity contribution in [1.82, 2.24) is 19.8 Å². The van der Waals surface area contributed by atoms with Gasteiger partial charge in [-0.05, 0) is 30.5 Å². The quantitative estimate of drug-likeness (QED) is 0.656. The molecule has 3 heterocycles. The molecule has 4 rings (SSSR count). The summed E-state index contributed by atoms with van der Waals surface area (Å²) in [7, 11) is 0. The molecule has 2 amide bonds. The van der Waals surface area contributed by atoms with Crippen LogP contribution in [0.1, 0.15) is 37.4 Å². The van der Waals surface area contributed by atoms with Gasteiger partial charge in [0.15, 0.2) is 0 Å². The van der Waals surface area contributed by atoms with Crippen molar-refractivity contribution in [2.45, 2.75) is 38.9 Å². The molecule has 1 aromatic heterocycles. The largest absolute Gasteiger partial charge is 0.465 e. The van der Waals surface area contributed by atoms with Crippen LogP contribution in [0, 0.1) is 0 Å². The highest BCUT2D eigenvalue weighted by atomic mass is 16.6. The molecule has 0 spiro atoms. The standard InChI is InChI=1S/C23H30N6O4/c1-3-19-15-33-23(32)29(19)20-8-9-24-21(26-20)25-16(2)18-6-4-17(5-7-18)14-27-10-12-28(13-11-27)22(30)31/h4-9,16,19H,3,10-15H2,1-2H3,(H,30,31)(H,24,25,26)/t16-,19-/m0/s1. The second kappa shape index (κ2) is 10.0. The second-order valence-corrected chi connectivity index (χ2v) is 8.40. The van der Waals surface area contributed by atoms with Crippen molar-refractivity contribution < 1.29 is 19.4 Å². The lowest BCUT2D eigenvalue weighted by Crippen LogP contribution is -2.47. The van der Waals surface area contributed by atoms with Crippen molar-refractivity contribution in [3.05, 3.63) is 47.7 Å². The fourth-order valence-electron chi connectivity index (χ4n) is 4.14. The van der Waals surface area contributed by atoms with Gasteiger partial charge in [-0.3, -0.25) is 9.80 Å². The first kappa shape index (κ1) is 22.8. The maximum absolute atomic E-state index is 12.1. The Bertz CT molecular complexity index is 977. The van der Waals surface area contributed by atoms with Gasteiger partial charge in [0, 0.05) is 38.9 Å². The number of hydrogen-bond donors (Lipinski definition) is 2. The first-order valence-corrected chi connectivity index (χ1v) is 11.3. The molecule has 176 valence electrons. The van der Waals surface area contributed by atoms with Gasteiger partial charge in [-0.15, -0.1) is 0 Å². The summed E-state index contributed by atoms with van der Waals surface area (Å²) >= 11 is 0. The van der Waals surface area contributed by atoms with Crippen LogP contribution in [0.2, 0.25) is 0 Å². The monoisotopic (exact) mass is 454 g/mol. The number of cyclic esters (lactones) is 1. The van der Waals surface area contributed by atoms with Crippen LogP contribution in [0.25, 0.3) is 0 Å². The number of piperazine rings is 1. The van der Waals surface area contributed by atoms with Gasteiger partial charge in [0.25, 0.3) is 0 Å². The van der Waals surface area contributed by atoms with Gasteiger partial charge in [-0.25, -0.2) is 14.6 Å². The predicted molar refractivity (Wildman–Crippen MR) is 123 cm³/mol. The van der Waals surface area contributed by atoms with E-state index in [-0.39, 0.29) is 18.2 Å². The number of carbonyl (C=O) groups excluding carboxylic acids is 1. The third-order valence-electron chi connectivity index (χ3n) is 6.19. The van der Waals surface area contributed by atoms with Crippen LogP contribution in [0.15, 0.2) is 36.5 Å². The zero-order valence-electron chi connectivity index (χ0n) is 19.0. The Labute approximate surface area is 193 Å². The molecule has 2 aliphatic rings. The summed E-state index contributed by atoms with van der Waals surface area (Å²) in [5, 5.41) is 12.4. The van der Waals surface area contributed by atoms with Gasteiger partial charge in [-0.2, -0.15) is 4.98 Å². The van der Waals surface area contributed by atoms with Gasteiger partial charge < -0.3 is 20.1 Å². The van der Waals surface area contributed by atoms with E-state index in [9.17, 15) is 9.59 Å². The summed E-state index contributed by atoms with van der Waals surface area (Å²) in [6, 6.07) is 10.0. The summed E-state index contributed by atoms with van der Waals surface area (Å²) in [5.41, 5.74) is 2.28. The Morgan fingerprint density at radius 3 is 2.61 bits per heavy atom. The molecule has 0 radical (unpaired) electrons. The van der Waals surface area contributed by atoms with Crippen molar-refractivity contribution in [2.75, 3.05) is 43.0 Å². The molecule has 2 aromatic rings. The van der Waals surface area contributed by atoms with Crippen LogP contribution >= 0.6 is 0 Å². The highest BCUT2D eigenvalue weighted by Crippen LogP contribution is 2.25. The normalized spacial score (nSPS) is 19.9. The number of nitrogens with one attached hydrogen (secondary N) is 1. The third kappa shape index (κ3) is 5.33. The van der Waals surface area contributed by atoms with Crippen molar-refractivity contribution in [3.63, 3.8) is 0 Å². The van der Waals surface area contributed by atoms with Gasteiger partial charge in [0.1, 0.15) is 12.4 Å². The number of hydrogen-bond acceptors (Lipinski definition) is 7. The molecule has 2 atom stereocenters. The molecular weight excluding hydrogens is 424 g/mol. The van der Waals surface area contributed by atoms with E-state index < -0.39 is 6.09 Å². The lowest BCUT2D eigenvalue weighted by Gasteiger charge is -2.33. The lowest BCUT2D eigenvalue weighted by molar-refractivity contribution is 0.103. The Balaban J connectivity index is 1.35. The summed E-state index contributed by atoms with van der Waals surface area (Å²) in [6.07, 6.45) is 1.21. The number of rotatable bonds is 7. The molecule has 0 bridgehead atoms. The van der Waals surface area contributed by atoms with Gasteiger partial charge in [0.2, 0.25) is 5.95 Å². The third-order valence-corrected chi connectivity index (χ3v) is 6.19. The average molecular weight is 455 g/mol. The Morgan fingerprint density at radius 2 is 1.94 bits per heavy atom. The first-order chi connectivity index (χ1) is 15.9. The van der Waals surface area contributed by atoms with E-state index in [4.69, 9.17) is 9.84 Å². The van der Waals surface area contributed by atoms with E-state index in [0.717, 1.165) is 31.6 Å². The van der Waals surface area contributed by atoms with Crippen molar-refractivity contribution >= 4 is 24.0 Å². The van der Waals surface area contributed by atoms with E-state index >= 15 is 0 Å². The van der Waals surface area contributed by atoms with E-state index in [1.54, 1.807) is 17.2 Å². The molecule has 2 fully saturated rings. The Kier molecular flexibility index (Phi) is 6.93. The molecule has 0 unspecified atom stereocenters. The van der Waals surface area contributed by atoms with E-state index in [0.29, 0.717) is 31.5 Å². The molecule has 33 heavy (non-hydrogen) atoms. The summed E-state index contributed by atoms with van der Waals surface area (Å²) < 4.78 is 5.17. The Hall–Kier alpha value is -3.40. The number of anilines is 2. The van der Waals surface area contributed by atoms with Crippen LogP contribution in [-0.4, -0.2) is 75.9 Å². The zero-order valence-corrected chi connectivity index (χ0v) is 19.0. The minimum Gasteiger partial charge on any atom is -0.465 e. The number of carbonyl (C=O) groups is 2. The van der Waals surface area contributed by atoms with Crippen LogP contribution in [0.3, 0.4) is 0 Å². The molecule has 2 N–H and O–H groups in total. The first-order valence-electron chi connectivity index (χ1n) is 11.3. The van der Waals surface area contributed by atoms with Crippen LogP contribution in [0.5, 0.6) is 0 Å². The van der Waals surface area contributed by atoms with Crippen LogP contribution in [-0.2, 0) is 11.3 Å². The lowest BCUT2D eigenvalue weighted by atomic mass is 10.1. The minimum atomic E-state index is -0.847. The van der Waals surface area contributed by atoms with Crippen molar-refractivity contribution in [1.29, 1.82) is 0 Å². The van der Waals surface area contributed by atoms with E-state index in [1.807, 2.05) is 13.8 Å². The second-order valence-electron chi connectivity index (χ2n) is 8.40. The van der Waals surface area contributed by atoms with E-state index in [1.165, 1.54) is 10.5 Å². The average Bonchev–Trinajstić information content (AvgIpc) is 3.20. The maximum Gasteiger partial charge on any atom is 0.415 e. The number of amides is 2. The SMILES string of the molecule is CC[C@H]1COC(=O)N1c1ccnc(N[C@@H](C)c2ccc(CN3CCN(C(=O)O)CC3)cc2)n1. The molecule has 1 aromatic carbocycles. The highest BCUT2D eigenvalue weighted by molar-refractivity contribution is 5.89. The fourth-order valence-corrected chi connectivity index (χ4v) is 4.14. The molecule has 10 nitrogen and oxygen atoms in total. The number of carboxylic acid groups (broad SMARTS) is 1. The van der Waals surface area contributed by atoms with Crippen molar-refractivity contribution in [3.8, 4) is 0 Å². The van der Waals surface area contributed by atoms with Gasteiger partial charge >= 0.3 is 12.2 Å². The van der Waals surface area contributed by atoms with Gasteiger partial charge in [-0.1, -0.05) is 31.2 Å². The van der Waals surface area contributed by atoms with E-state index in [2.05, 4.69) is 44.5 Å². The van der Waals surface area contributed by atoms with Gasteiger partial charge in [0.05, 0.1) is 12.1 Å².